The maximum atomic E-state index is 3.81. The van der Waals surface area contributed by atoms with Crippen molar-refractivity contribution >= 4 is 0 Å². The molecule has 0 saturated heterocycles. The lowest BCUT2D eigenvalue weighted by molar-refractivity contribution is 0.746. The Morgan fingerprint density at radius 3 is 2.27 bits per heavy atom. The molecule has 22 heavy (non-hydrogen) atoms. The standard InChI is InChI=1S/C22H38/c1-6-10-12-19-22(15-8-3)20(5)16-13-14-18-21(9-4)17-11-7-2/h6,13,16-17,19-20H,1,7-12,14-15,18H2,2-5H3. The third-order valence-electron chi connectivity index (χ3n) is 4.13. The molecule has 1 atom stereocenters. The normalized spacial score (nSPS) is 14.5. The second kappa shape index (κ2) is 14.9. The average Bonchev–Trinajstić information content (AvgIpc) is 2.53. The minimum atomic E-state index is 0.578. The van der Waals surface area contributed by atoms with E-state index < -0.39 is 0 Å². The predicted octanol–water partition coefficient (Wildman–Crippen LogP) is 7.79. The number of hydrogen-bond acceptors (Lipinski definition) is 0. The second-order valence-electron chi connectivity index (χ2n) is 6.16. The largest absolute Gasteiger partial charge is 0.103 e. The highest BCUT2D eigenvalue weighted by Gasteiger charge is 2.03. The fourth-order valence-corrected chi connectivity index (χ4v) is 2.66. The molecule has 0 amide bonds. The van der Waals surface area contributed by atoms with Crippen molar-refractivity contribution in [2.75, 3.05) is 0 Å². The molecule has 0 aliphatic carbocycles. The summed E-state index contributed by atoms with van der Waals surface area (Å²) in [5.41, 5.74) is 3.22. The quantitative estimate of drug-likeness (QED) is 0.240. The molecule has 0 aromatic heterocycles. The van der Waals surface area contributed by atoms with Gasteiger partial charge in [-0.25, -0.2) is 0 Å². The first-order valence-corrected chi connectivity index (χ1v) is 9.33. The van der Waals surface area contributed by atoms with Crippen LogP contribution in [0.2, 0.25) is 0 Å². The van der Waals surface area contributed by atoms with E-state index in [1.807, 2.05) is 6.08 Å². The van der Waals surface area contributed by atoms with E-state index in [2.05, 4.69) is 58.6 Å². The molecule has 0 spiro atoms. The first-order chi connectivity index (χ1) is 10.7. The van der Waals surface area contributed by atoms with Crippen LogP contribution in [-0.2, 0) is 0 Å². The van der Waals surface area contributed by atoms with Crippen molar-refractivity contribution in [2.45, 2.75) is 85.5 Å². The summed E-state index contributed by atoms with van der Waals surface area (Å²) in [6.45, 7) is 12.9. The van der Waals surface area contributed by atoms with Crippen LogP contribution in [0.4, 0.5) is 0 Å². The summed E-state index contributed by atoms with van der Waals surface area (Å²) in [4.78, 5) is 0. The molecule has 0 radical (unpaired) electrons. The van der Waals surface area contributed by atoms with E-state index in [4.69, 9.17) is 0 Å². The molecule has 0 aliphatic rings. The van der Waals surface area contributed by atoms with Crippen LogP contribution in [0.1, 0.15) is 85.5 Å². The van der Waals surface area contributed by atoms with Gasteiger partial charge in [-0.1, -0.05) is 82.1 Å². The summed E-state index contributed by atoms with van der Waals surface area (Å²) in [6, 6.07) is 0. The average molecular weight is 303 g/mol. The van der Waals surface area contributed by atoms with Gasteiger partial charge in [0.15, 0.2) is 0 Å². The lowest BCUT2D eigenvalue weighted by Crippen LogP contribution is -1.96. The van der Waals surface area contributed by atoms with Gasteiger partial charge in [0.05, 0.1) is 0 Å². The minimum absolute atomic E-state index is 0.578. The number of hydrogen-bond donors (Lipinski definition) is 0. The zero-order valence-corrected chi connectivity index (χ0v) is 15.5. The lowest BCUT2D eigenvalue weighted by atomic mass is 9.94. The van der Waals surface area contributed by atoms with Gasteiger partial charge in [0, 0.05) is 0 Å². The van der Waals surface area contributed by atoms with Gasteiger partial charge in [-0.2, -0.15) is 0 Å². The topological polar surface area (TPSA) is 0 Å². The highest BCUT2D eigenvalue weighted by molar-refractivity contribution is 5.13. The van der Waals surface area contributed by atoms with E-state index in [-0.39, 0.29) is 0 Å². The number of unbranched alkanes of at least 4 members (excludes halogenated alkanes) is 2. The highest BCUT2D eigenvalue weighted by atomic mass is 14.1. The van der Waals surface area contributed by atoms with E-state index in [9.17, 15) is 0 Å². The predicted molar refractivity (Wildman–Crippen MR) is 103 cm³/mol. The SMILES string of the molecule is C=CCCC=C(CCC)C(C)C=CCCC(=CCCC)CC. The van der Waals surface area contributed by atoms with Crippen LogP contribution in [0.15, 0.2) is 48.1 Å². The first-order valence-electron chi connectivity index (χ1n) is 9.33. The molecule has 0 fully saturated rings. The van der Waals surface area contributed by atoms with Crippen LogP contribution in [0.3, 0.4) is 0 Å². The van der Waals surface area contributed by atoms with Gasteiger partial charge in [0.2, 0.25) is 0 Å². The zero-order valence-electron chi connectivity index (χ0n) is 15.5. The Kier molecular flexibility index (Phi) is 14.2. The Bertz CT molecular complexity index is 354. The van der Waals surface area contributed by atoms with Gasteiger partial charge in [0.25, 0.3) is 0 Å². The van der Waals surface area contributed by atoms with Crippen molar-refractivity contribution in [3.05, 3.63) is 48.1 Å². The lowest BCUT2D eigenvalue weighted by Gasteiger charge is -2.12. The van der Waals surface area contributed by atoms with Crippen LogP contribution in [0, 0.1) is 5.92 Å². The fourth-order valence-electron chi connectivity index (χ4n) is 2.66. The molecule has 1 unspecified atom stereocenters. The maximum absolute atomic E-state index is 3.81. The molecule has 0 rings (SSSR count). The van der Waals surface area contributed by atoms with Crippen LogP contribution in [-0.4, -0.2) is 0 Å². The Morgan fingerprint density at radius 1 is 0.909 bits per heavy atom. The number of allylic oxidation sites excluding steroid dienone is 7. The van der Waals surface area contributed by atoms with Gasteiger partial charge >= 0.3 is 0 Å². The van der Waals surface area contributed by atoms with Crippen LogP contribution in [0.25, 0.3) is 0 Å². The molecular formula is C22H38. The minimum Gasteiger partial charge on any atom is -0.103 e. The van der Waals surface area contributed by atoms with E-state index in [0.29, 0.717) is 5.92 Å². The van der Waals surface area contributed by atoms with Gasteiger partial charge in [-0.3, -0.25) is 0 Å². The maximum Gasteiger partial charge on any atom is -0.00517 e. The van der Waals surface area contributed by atoms with E-state index >= 15 is 0 Å². The van der Waals surface area contributed by atoms with Gasteiger partial charge < -0.3 is 0 Å². The fraction of sp³-hybridized carbons (Fsp3) is 0.636. The molecule has 0 bridgehead atoms. The van der Waals surface area contributed by atoms with Crippen molar-refractivity contribution in [1.82, 2.24) is 0 Å². The summed E-state index contributed by atoms with van der Waals surface area (Å²) in [5.74, 6) is 0.578. The van der Waals surface area contributed by atoms with Crippen molar-refractivity contribution in [3.8, 4) is 0 Å². The second-order valence-corrected chi connectivity index (χ2v) is 6.16. The Labute approximate surface area is 140 Å². The van der Waals surface area contributed by atoms with Gasteiger partial charge in [-0.15, -0.1) is 6.58 Å². The Hall–Kier alpha value is -1.04. The molecule has 126 valence electrons. The first kappa shape index (κ1) is 21.0. The van der Waals surface area contributed by atoms with E-state index in [1.165, 1.54) is 44.9 Å². The molecule has 0 heteroatoms. The van der Waals surface area contributed by atoms with Crippen molar-refractivity contribution in [3.63, 3.8) is 0 Å². The molecule has 0 nitrogen and oxygen atoms in total. The summed E-state index contributed by atoms with van der Waals surface area (Å²) in [6.07, 6.45) is 22.4. The monoisotopic (exact) mass is 302 g/mol. The van der Waals surface area contributed by atoms with E-state index in [0.717, 1.165) is 12.8 Å². The molecule has 0 aromatic carbocycles. The molecule has 0 aromatic rings. The molecule has 0 N–H and O–H groups in total. The molecule has 0 heterocycles. The van der Waals surface area contributed by atoms with Crippen molar-refractivity contribution in [1.29, 1.82) is 0 Å². The summed E-state index contributed by atoms with van der Waals surface area (Å²) < 4.78 is 0. The summed E-state index contributed by atoms with van der Waals surface area (Å²) in [7, 11) is 0. The summed E-state index contributed by atoms with van der Waals surface area (Å²) in [5, 5.41) is 0. The van der Waals surface area contributed by atoms with Crippen LogP contribution in [0.5, 0.6) is 0 Å². The third kappa shape index (κ3) is 10.7. The van der Waals surface area contributed by atoms with Gasteiger partial charge in [-0.05, 0) is 50.9 Å². The molecule has 0 aliphatic heterocycles. The van der Waals surface area contributed by atoms with Crippen LogP contribution < -0.4 is 0 Å². The Morgan fingerprint density at radius 2 is 1.68 bits per heavy atom. The highest BCUT2D eigenvalue weighted by Crippen LogP contribution is 2.20. The van der Waals surface area contributed by atoms with Crippen molar-refractivity contribution < 1.29 is 0 Å². The molecular weight excluding hydrogens is 264 g/mol. The summed E-state index contributed by atoms with van der Waals surface area (Å²) >= 11 is 0. The van der Waals surface area contributed by atoms with E-state index in [1.54, 1.807) is 11.1 Å². The smallest absolute Gasteiger partial charge is 0.00517 e. The van der Waals surface area contributed by atoms with Crippen molar-refractivity contribution in [2.24, 2.45) is 5.92 Å². The zero-order chi connectivity index (χ0) is 16.6. The van der Waals surface area contributed by atoms with Crippen LogP contribution >= 0.6 is 0 Å². The van der Waals surface area contributed by atoms with Gasteiger partial charge in [0.1, 0.15) is 0 Å². The number of rotatable bonds is 13. The Balaban J connectivity index is 4.37. The molecule has 0 saturated carbocycles. The third-order valence-corrected chi connectivity index (χ3v) is 4.13.